The van der Waals surface area contributed by atoms with Crippen molar-refractivity contribution in [2.24, 2.45) is 46.8 Å². The fourth-order valence-corrected chi connectivity index (χ4v) is 9.47. The van der Waals surface area contributed by atoms with Crippen molar-refractivity contribution in [1.82, 2.24) is 4.90 Å². The number of piperidine rings is 1. The molecule has 2 aliphatic carbocycles. The Balaban J connectivity index is 0. The van der Waals surface area contributed by atoms with Crippen LogP contribution >= 0.6 is 0 Å². The van der Waals surface area contributed by atoms with E-state index >= 15 is 0 Å². The van der Waals surface area contributed by atoms with Crippen LogP contribution in [0.4, 0.5) is 0 Å². The summed E-state index contributed by atoms with van der Waals surface area (Å²) in [5, 5.41) is 7.00. The third-order valence-electron chi connectivity index (χ3n) is 12.4. The first-order chi connectivity index (χ1) is 26.2. The lowest BCUT2D eigenvalue weighted by Crippen LogP contribution is -2.46. The van der Waals surface area contributed by atoms with E-state index in [9.17, 15) is 4.79 Å². The van der Waals surface area contributed by atoms with Gasteiger partial charge in [-0.3, -0.25) is 4.79 Å². The zero-order valence-electron chi connectivity index (χ0n) is 39.8. The van der Waals surface area contributed by atoms with Crippen molar-refractivity contribution in [3.63, 3.8) is 0 Å². The highest BCUT2D eigenvalue weighted by Gasteiger charge is 2.39. The Hall–Kier alpha value is -1.61. The highest BCUT2D eigenvalue weighted by molar-refractivity contribution is 5.94. The standard InChI is InChI=1S/C43H75NO.C3H8.C3H6.C2H6.CH4O/c1-11-36-20-18-21-37(28-36)25-32(5)19-14-13-16-23-43(9,10)30-33(6)26-40(38(12-2)29-39-27-34(39)7)35(8)42(45)44-24-17-15-22-41(44)31(3)4;2*1-3-2;2*1-2/h25,33-34,36-41H,3,8,11-24,26-30H2,1-2,4-7,9-10H3;3H2,1-2H3;3H,1H2,2H3;1-2H3;2H,1H3/b32-25+;;;;. The molecule has 324 valence electrons. The number of nitrogens with zero attached hydrogens (tertiary/aromatic N) is 1. The number of likely N-dealkylation sites (tertiary alicyclic amines) is 1. The lowest BCUT2D eigenvalue weighted by Gasteiger charge is -2.39. The van der Waals surface area contributed by atoms with Gasteiger partial charge in [-0.05, 0) is 145 Å². The molecule has 1 amide bonds. The van der Waals surface area contributed by atoms with Crippen molar-refractivity contribution in [2.75, 3.05) is 13.7 Å². The molecule has 1 N–H and O–H groups in total. The third kappa shape index (κ3) is 23.4. The van der Waals surface area contributed by atoms with Crippen LogP contribution in [-0.2, 0) is 4.79 Å². The Labute approximate surface area is 346 Å². The molecule has 1 aliphatic heterocycles. The van der Waals surface area contributed by atoms with Crippen molar-refractivity contribution in [2.45, 2.75) is 218 Å². The number of carbonyl (C=O) groups excluding carboxylic acids is 1. The largest absolute Gasteiger partial charge is 0.400 e. The Kier molecular flexibility index (Phi) is 32.6. The molecule has 8 unspecified atom stereocenters. The molecule has 0 aromatic heterocycles. The molecule has 0 radical (unpaired) electrons. The predicted molar refractivity (Wildman–Crippen MR) is 249 cm³/mol. The Morgan fingerprint density at radius 2 is 1.55 bits per heavy atom. The van der Waals surface area contributed by atoms with E-state index in [0.29, 0.717) is 23.2 Å². The summed E-state index contributed by atoms with van der Waals surface area (Å²) < 4.78 is 0. The van der Waals surface area contributed by atoms with Gasteiger partial charge in [-0.15, -0.1) is 6.58 Å². The second-order valence-electron chi connectivity index (χ2n) is 18.5. The van der Waals surface area contributed by atoms with Crippen LogP contribution in [0.1, 0.15) is 212 Å². The van der Waals surface area contributed by atoms with E-state index < -0.39 is 0 Å². The molecule has 2 saturated carbocycles. The summed E-state index contributed by atoms with van der Waals surface area (Å²) in [4.78, 5) is 16.2. The summed E-state index contributed by atoms with van der Waals surface area (Å²) in [7, 11) is 1.00. The molecule has 8 atom stereocenters. The number of hydrogen-bond acceptors (Lipinski definition) is 2. The van der Waals surface area contributed by atoms with Gasteiger partial charge < -0.3 is 10.0 Å². The minimum Gasteiger partial charge on any atom is -0.400 e. The summed E-state index contributed by atoms with van der Waals surface area (Å²) in [6.45, 7) is 42.3. The van der Waals surface area contributed by atoms with Crippen LogP contribution in [0.25, 0.3) is 0 Å². The molecule has 3 fully saturated rings. The number of aliphatic hydroxyl groups excluding tert-OH is 1. The van der Waals surface area contributed by atoms with E-state index in [1.807, 2.05) is 20.8 Å². The van der Waals surface area contributed by atoms with Crippen LogP contribution in [-0.4, -0.2) is 35.6 Å². The molecule has 3 nitrogen and oxygen atoms in total. The topological polar surface area (TPSA) is 40.5 Å². The first-order valence-corrected chi connectivity index (χ1v) is 23.5. The molecule has 0 aromatic rings. The zero-order chi connectivity index (χ0) is 42.6. The fraction of sp³-hybridized carbons (Fsp3) is 0.827. The number of rotatable bonds is 19. The quantitative estimate of drug-likeness (QED) is 0.0807. The SMILES string of the molecule is C=C(C(=O)N1CCCCC1C(=C)C)C(CC(C)CC(C)(C)CCCCC/C(C)=C/C1CCCC(CC)C1)C(CC)CC1CC1C.C=CC.CC.CCC.CO. The second-order valence-corrected chi connectivity index (χ2v) is 18.5. The van der Waals surface area contributed by atoms with Gasteiger partial charge >= 0.3 is 0 Å². The number of aliphatic hydroxyl groups is 1. The minimum absolute atomic E-state index is 0.184. The molecular weight excluding hydrogens is 671 g/mol. The maximum Gasteiger partial charge on any atom is 0.249 e. The van der Waals surface area contributed by atoms with Crippen LogP contribution in [0.15, 0.2) is 48.6 Å². The van der Waals surface area contributed by atoms with Gasteiger partial charge in [0.15, 0.2) is 0 Å². The van der Waals surface area contributed by atoms with Crippen LogP contribution < -0.4 is 0 Å². The van der Waals surface area contributed by atoms with Crippen LogP contribution in [0, 0.1) is 46.8 Å². The lowest BCUT2D eigenvalue weighted by molar-refractivity contribution is -0.130. The average molecular weight is 770 g/mol. The maximum absolute atomic E-state index is 14.1. The Bertz CT molecular complexity index is 1040. The normalized spacial score (nSPS) is 23.7. The van der Waals surface area contributed by atoms with Crippen LogP contribution in [0.5, 0.6) is 0 Å². The smallest absolute Gasteiger partial charge is 0.249 e. The van der Waals surface area contributed by atoms with E-state index in [1.165, 1.54) is 96.3 Å². The number of amides is 1. The fourth-order valence-electron chi connectivity index (χ4n) is 9.47. The number of allylic oxidation sites excluding steroid dienone is 3. The van der Waals surface area contributed by atoms with E-state index in [-0.39, 0.29) is 11.9 Å². The van der Waals surface area contributed by atoms with Gasteiger partial charge in [-0.2, -0.15) is 0 Å². The Morgan fingerprint density at radius 1 is 0.945 bits per heavy atom. The number of unbranched alkanes of at least 4 members (excludes halogenated alkanes) is 2. The monoisotopic (exact) mass is 770 g/mol. The van der Waals surface area contributed by atoms with Gasteiger partial charge in [-0.1, -0.05) is 151 Å². The second kappa shape index (κ2) is 32.4. The summed E-state index contributed by atoms with van der Waals surface area (Å²) in [5.41, 5.74) is 3.99. The van der Waals surface area contributed by atoms with Crippen LogP contribution in [0.2, 0.25) is 0 Å². The van der Waals surface area contributed by atoms with E-state index in [2.05, 4.69) is 100.0 Å². The first-order valence-electron chi connectivity index (χ1n) is 23.5. The van der Waals surface area contributed by atoms with Crippen molar-refractivity contribution >= 4 is 5.91 Å². The van der Waals surface area contributed by atoms with Gasteiger partial charge in [0, 0.05) is 19.2 Å². The summed E-state index contributed by atoms with van der Waals surface area (Å²) in [5.74, 6) is 5.17. The zero-order valence-corrected chi connectivity index (χ0v) is 39.8. The molecule has 1 heterocycles. The number of hydrogen-bond donors (Lipinski definition) is 1. The molecule has 0 aromatic carbocycles. The summed E-state index contributed by atoms with van der Waals surface area (Å²) >= 11 is 0. The van der Waals surface area contributed by atoms with E-state index in [0.717, 1.165) is 74.2 Å². The average Bonchev–Trinajstić information content (AvgIpc) is 3.87. The van der Waals surface area contributed by atoms with Crippen molar-refractivity contribution < 1.29 is 9.90 Å². The predicted octanol–water partition coefficient (Wildman–Crippen LogP) is 16.0. The minimum atomic E-state index is 0.184. The summed E-state index contributed by atoms with van der Waals surface area (Å²) in [6.07, 6.45) is 28.8. The molecular formula is C52H99NO2. The van der Waals surface area contributed by atoms with Crippen LogP contribution in [0.3, 0.4) is 0 Å². The van der Waals surface area contributed by atoms with Crippen molar-refractivity contribution in [3.05, 3.63) is 48.6 Å². The number of carbonyl (C=O) groups is 1. The van der Waals surface area contributed by atoms with Gasteiger partial charge in [0.05, 0.1) is 6.04 Å². The molecule has 1 saturated heterocycles. The molecule has 0 bridgehead atoms. The molecule has 3 rings (SSSR count). The van der Waals surface area contributed by atoms with Gasteiger partial charge in [0.1, 0.15) is 0 Å². The van der Waals surface area contributed by atoms with Gasteiger partial charge in [-0.25, -0.2) is 0 Å². The van der Waals surface area contributed by atoms with Crippen molar-refractivity contribution in [3.8, 4) is 0 Å². The van der Waals surface area contributed by atoms with Gasteiger partial charge in [0.25, 0.3) is 0 Å². The van der Waals surface area contributed by atoms with Crippen molar-refractivity contribution in [1.29, 1.82) is 0 Å². The first kappa shape index (κ1) is 55.5. The Morgan fingerprint density at radius 3 is 2.07 bits per heavy atom. The van der Waals surface area contributed by atoms with Gasteiger partial charge in [0.2, 0.25) is 5.91 Å². The summed E-state index contributed by atoms with van der Waals surface area (Å²) in [6, 6.07) is 0.184. The molecule has 55 heavy (non-hydrogen) atoms. The highest BCUT2D eigenvalue weighted by atomic mass is 16.2. The van der Waals surface area contributed by atoms with E-state index in [4.69, 9.17) is 5.11 Å². The molecule has 3 aliphatic rings. The molecule has 3 heteroatoms. The highest BCUT2D eigenvalue weighted by Crippen LogP contribution is 2.47. The molecule has 0 spiro atoms. The maximum atomic E-state index is 14.1. The van der Waals surface area contributed by atoms with E-state index in [1.54, 1.807) is 11.6 Å². The third-order valence-corrected chi connectivity index (χ3v) is 12.4. The lowest BCUT2D eigenvalue weighted by atomic mass is 9.71.